The Bertz CT molecular complexity index is 391. The molecule has 0 aromatic heterocycles. The van der Waals surface area contributed by atoms with Gasteiger partial charge in [-0.2, -0.15) is 13.2 Å². The Balaban J connectivity index is 2.72. The Morgan fingerprint density at radius 2 is 1.81 bits per heavy atom. The second-order valence-corrected chi connectivity index (χ2v) is 3.12. The maximum atomic E-state index is 12.2. The lowest BCUT2D eigenvalue weighted by atomic mass is 10.1. The predicted molar refractivity (Wildman–Crippen MR) is 52.7 cm³/mol. The highest BCUT2D eigenvalue weighted by Gasteiger charge is 2.29. The van der Waals surface area contributed by atoms with Gasteiger partial charge in [-0.15, -0.1) is 0 Å². The second kappa shape index (κ2) is 4.83. The van der Waals surface area contributed by atoms with Gasteiger partial charge in [-0.05, 0) is 17.7 Å². The molecule has 0 saturated carbocycles. The first kappa shape index (κ1) is 12.3. The van der Waals surface area contributed by atoms with Crippen molar-refractivity contribution < 1.29 is 23.1 Å². The number of benzene rings is 1. The van der Waals surface area contributed by atoms with Gasteiger partial charge in [0.25, 0.3) is 0 Å². The molecule has 1 aromatic rings. The molecular weight excluding hydrogens is 221 g/mol. The molecule has 0 saturated heterocycles. The zero-order valence-electron chi connectivity index (χ0n) is 8.16. The van der Waals surface area contributed by atoms with Gasteiger partial charge in [0.15, 0.2) is 0 Å². The summed E-state index contributed by atoms with van der Waals surface area (Å²) in [6.07, 6.45) is -1.65. The average molecular weight is 230 g/mol. The van der Waals surface area contributed by atoms with Crippen LogP contribution < -0.4 is 0 Å². The van der Waals surface area contributed by atoms with Crippen molar-refractivity contribution in [3.63, 3.8) is 0 Å². The van der Waals surface area contributed by atoms with E-state index in [2.05, 4.69) is 0 Å². The smallest absolute Gasteiger partial charge is 0.416 e. The van der Waals surface area contributed by atoms with Gasteiger partial charge in [0.1, 0.15) is 0 Å². The van der Waals surface area contributed by atoms with Crippen molar-refractivity contribution >= 4 is 12.0 Å². The lowest BCUT2D eigenvalue weighted by molar-refractivity contribution is -0.138. The van der Waals surface area contributed by atoms with Crippen molar-refractivity contribution in [1.82, 2.24) is 0 Å². The SMILES string of the molecule is O=C(O)C/C=C/c1ccc(C(F)(F)F)cc1. The number of carboxylic acids is 1. The maximum Gasteiger partial charge on any atom is 0.416 e. The van der Waals surface area contributed by atoms with Gasteiger partial charge in [-0.25, -0.2) is 0 Å². The van der Waals surface area contributed by atoms with Crippen molar-refractivity contribution in [2.75, 3.05) is 0 Å². The fraction of sp³-hybridized carbons (Fsp3) is 0.182. The summed E-state index contributed by atoms with van der Waals surface area (Å²) in [5.74, 6) is -0.983. The van der Waals surface area contributed by atoms with Crippen LogP contribution in [0.15, 0.2) is 30.3 Å². The van der Waals surface area contributed by atoms with E-state index in [0.29, 0.717) is 5.56 Å². The molecule has 1 N–H and O–H groups in total. The van der Waals surface area contributed by atoms with Crippen molar-refractivity contribution in [2.45, 2.75) is 12.6 Å². The Morgan fingerprint density at radius 3 is 2.25 bits per heavy atom. The van der Waals surface area contributed by atoms with Gasteiger partial charge >= 0.3 is 12.1 Å². The van der Waals surface area contributed by atoms with Crippen LogP contribution in [0.1, 0.15) is 17.5 Å². The summed E-state index contributed by atoms with van der Waals surface area (Å²) >= 11 is 0. The fourth-order valence-corrected chi connectivity index (χ4v) is 1.08. The molecular formula is C11H9F3O2. The molecule has 2 nitrogen and oxygen atoms in total. The first-order chi connectivity index (χ1) is 7.39. The number of aliphatic carboxylic acids is 1. The molecule has 5 heteroatoms. The molecule has 0 spiro atoms. The van der Waals surface area contributed by atoms with E-state index >= 15 is 0 Å². The standard InChI is InChI=1S/C11H9F3O2/c12-11(13,14)9-6-4-8(5-7-9)2-1-3-10(15)16/h1-2,4-7H,3H2,(H,15,16)/b2-1+. The molecule has 1 aromatic carbocycles. The molecule has 0 bridgehead atoms. The number of rotatable bonds is 3. The lowest BCUT2D eigenvalue weighted by Gasteiger charge is -2.05. The van der Waals surface area contributed by atoms with Crippen LogP contribution in [0.2, 0.25) is 0 Å². The monoisotopic (exact) mass is 230 g/mol. The molecule has 0 radical (unpaired) electrons. The molecule has 0 atom stereocenters. The Labute approximate surface area is 90.0 Å². The second-order valence-electron chi connectivity index (χ2n) is 3.12. The Morgan fingerprint density at radius 1 is 1.25 bits per heavy atom. The van der Waals surface area contributed by atoms with E-state index in [4.69, 9.17) is 5.11 Å². The maximum absolute atomic E-state index is 12.2. The summed E-state index contributed by atoms with van der Waals surface area (Å²) in [6.45, 7) is 0. The molecule has 0 aliphatic carbocycles. The van der Waals surface area contributed by atoms with Crippen molar-refractivity contribution in [3.05, 3.63) is 41.5 Å². The first-order valence-electron chi connectivity index (χ1n) is 4.45. The summed E-state index contributed by atoms with van der Waals surface area (Å²) in [4.78, 5) is 10.2. The summed E-state index contributed by atoms with van der Waals surface area (Å²) < 4.78 is 36.5. The van der Waals surface area contributed by atoms with Gasteiger partial charge in [-0.1, -0.05) is 24.3 Å². The van der Waals surface area contributed by atoms with Crippen molar-refractivity contribution in [3.8, 4) is 0 Å². The number of hydrogen-bond donors (Lipinski definition) is 1. The summed E-state index contributed by atoms with van der Waals surface area (Å²) in [5, 5.41) is 8.34. The largest absolute Gasteiger partial charge is 0.481 e. The number of carboxylic acid groups (broad SMARTS) is 1. The number of hydrogen-bond acceptors (Lipinski definition) is 1. The van der Waals surface area contributed by atoms with Gasteiger partial charge in [0, 0.05) is 0 Å². The minimum atomic E-state index is -4.34. The van der Waals surface area contributed by atoms with E-state index in [-0.39, 0.29) is 6.42 Å². The highest BCUT2D eigenvalue weighted by molar-refractivity contribution is 5.70. The molecule has 0 aliphatic heterocycles. The summed E-state index contributed by atoms with van der Waals surface area (Å²) in [6, 6.07) is 4.50. The van der Waals surface area contributed by atoms with Crippen LogP contribution >= 0.6 is 0 Å². The van der Waals surface area contributed by atoms with Crippen LogP contribution in [0.25, 0.3) is 6.08 Å². The van der Waals surface area contributed by atoms with E-state index in [0.717, 1.165) is 12.1 Å². The molecule has 0 aliphatic rings. The van der Waals surface area contributed by atoms with Gasteiger partial charge in [-0.3, -0.25) is 4.79 Å². The highest BCUT2D eigenvalue weighted by atomic mass is 19.4. The van der Waals surface area contributed by atoms with Crippen LogP contribution in [-0.4, -0.2) is 11.1 Å². The zero-order chi connectivity index (χ0) is 12.2. The van der Waals surface area contributed by atoms with E-state index < -0.39 is 17.7 Å². The van der Waals surface area contributed by atoms with Crippen LogP contribution in [0.3, 0.4) is 0 Å². The van der Waals surface area contributed by atoms with E-state index in [1.54, 1.807) is 0 Å². The Hall–Kier alpha value is -1.78. The summed E-state index contributed by atoms with van der Waals surface area (Å²) in [7, 11) is 0. The zero-order valence-corrected chi connectivity index (χ0v) is 8.16. The van der Waals surface area contributed by atoms with Gasteiger partial charge in [0.05, 0.1) is 12.0 Å². The molecule has 0 unspecified atom stereocenters. The lowest BCUT2D eigenvalue weighted by Crippen LogP contribution is -2.03. The first-order valence-corrected chi connectivity index (χ1v) is 4.45. The van der Waals surface area contributed by atoms with E-state index in [1.807, 2.05) is 0 Å². The van der Waals surface area contributed by atoms with Gasteiger partial charge in [0.2, 0.25) is 0 Å². The minimum Gasteiger partial charge on any atom is -0.481 e. The quantitative estimate of drug-likeness (QED) is 0.865. The fourth-order valence-electron chi connectivity index (χ4n) is 1.08. The average Bonchev–Trinajstić information content (AvgIpc) is 2.16. The number of halogens is 3. The van der Waals surface area contributed by atoms with Crippen LogP contribution in [0.5, 0.6) is 0 Å². The Kier molecular flexibility index (Phi) is 3.71. The van der Waals surface area contributed by atoms with E-state index in [1.165, 1.54) is 24.3 Å². The third-order valence-corrected chi connectivity index (χ3v) is 1.84. The molecule has 16 heavy (non-hydrogen) atoms. The van der Waals surface area contributed by atoms with E-state index in [9.17, 15) is 18.0 Å². The molecule has 0 amide bonds. The van der Waals surface area contributed by atoms with Crippen LogP contribution in [-0.2, 0) is 11.0 Å². The summed E-state index contributed by atoms with van der Waals surface area (Å²) in [5.41, 5.74) is -0.183. The third-order valence-electron chi connectivity index (χ3n) is 1.84. The van der Waals surface area contributed by atoms with Crippen molar-refractivity contribution in [1.29, 1.82) is 0 Å². The normalized spacial score (nSPS) is 11.9. The molecule has 0 fully saturated rings. The predicted octanol–water partition coefficient (Wildman–Crippen LogP) is 3.19. The molecule has 1 rings (SSSR count). The topological polar surface area (TPSA) is 37.3 Å². The van der Waals surface area contributed by atoms with Crippen LogP contribution in [0, 0.1) is 0 Å². The minimum absolute atomic E-state index is 0.152. The number of carbonyl (C=O) groups is 1. The third kappa shape index (κ3) is 3.76. The highest BCUT2D eigenvalue weighted by Crippen LogP contribution is 2.29. The van der Waals surface area contributed by atoms with Gasteiger partial charge < -0.3 is 5.11 Å². The molecule has 0 heterocycles. The van der Waals surface area contributed by atoms with Crippen molar-refractivity contribution in [2.24, 2.45) is 0 Å². The molecule has 86 valence electrons. The van der Waals surface area contributed by atoms with Crippen LogP contribution in [0.4, 0.5) is 13.2 Å². The number of alkyl halides is 3.